The summed E-state index contributed by atoms with van der Waals surface area (Å²) in [4.78, 5) is 0. The van der Waals surface area contributed by atoms with Crippen LogP contribution in [-0.4, -0.2) is 172 Å². The molecule has 1 unspecified atom stereocenters. The van der Waals surface area contributed by atoms with Gasteiger partial charge in [-0.3, -0.25) is 0 Å². The highest BCUT2D eigenvalue weighted by Crippen LogP contribution is 2.13. The maximum absolute atomic E-state index is 5.69. The number of unbranched alkanes of at least 4 members (excludes halogenated alkanes) is 13. The molecule has 0 amide bonds. The van der Waals surface area contributed by atoms with E-state index in [2.05, 4.69) is 20.8 Å². The summed E-state index contributed by atoms with van der Waals surface area (Å²) >= 11 is 0. The standard InChI is InChI=1S/C45H92O13/c1-4-6-7-8-9-10-11-12-13-14-15-16-17-18-19-46-20-21-47-22-23-48-24-25-49-26-27-50-28-29-51-30-31-52-32-33-53-34-35-54-36-37-55-38-39-56-40-41-57-42-43-58-44-45(3)5-2/h45H,4-44H2,1-3H3. The van der Waals surface area contributed by atoms with Gasteiger partial charge in [-0.25, -0.2) is 0 Å². The van der Waals surface area contributed by atoms with Crippen molar-refractivity contribution in [2.45, 2.75) is 117 Å². The Morgan fingerprint density at radius 3 is 0.638 bits per heavy atom. The van der Waals surface area contributed by atoms with E-state index in [0.717, 1.165) is 26.1 Å². The highest BCUT2D eigenvalue weighted by Gasteiger charge is 2.00. The fourth-order valence-electron chi connectivity index (χ4n) is 5.44. The van der Waals surface area contributed by atoms with E-state index in [-0.39, 0.29) is 0 Å². The van der Waals surface area contributed by atoms with Crippen LogP contribution in [0.25, 0.3) is 0 Å². The molecule has 13 heteroatoms. The first-order valence-electron chi connectivity index (χ1n) is 23.3. The lowest BCUT2D eigenvalue weighted by atomic mass is 10.0. The molecule has 0 heterocycles. The van der Waals surface area contributed by atoms with Crippen molar-refractivity contribution < 1.29 is 61.6 Å². The molecule has 1 atom stereocenters. The van der Waals surface area contributed by atoms with E-state index < -0.39 is 0 Å². The first-order chi connectivity index (χ1) is 28.8. The van der Waals surface area contributed by atoms with Gasteiger partial charge in [0.15, 0.2) is 0 Å². The third kappa shape index (κ3) is 53.5. The Labute approximate surface area is 355 Å². The monoisotopic (exact) mass is 841 g/mol. The van der Waals surface area contributed by atoms with E-state index in [1.165, 1.54) is 83.5 Å². The molecule has 13 nitrogen and oxygen atoms in total. The van der Waals surface area contributed by atoms with Crippen molar-refractivity contribution in [3.63, 3.8) is 0 Å². The van der Waals surface area contributed by atoms with Crippen LogP contribution >= 0.6 is 0 Å². The fourth-order valence-corrected chi connectivity index (χ4v) is 5.44. The van der Waals surface area contributed by atoms with Gasteiger partial charge in [-0.05, 0) is 12.3 Å². The van der Waals surface area contributed by atoms with Crippen LogP contribution in [0.15, 0.2) is 0 Å². The van der Waals surface area contributed by atoms with Crippen LogP contribution in [0.2, 0.25) is 0 Å². The zero-order chi connectivity index (χ0) is 41.8. The predicted molar refractivity (Wildman–Crippen MR) is 230 cm³/mol. The molecule has 0 N–H and O–H groups in total. The minimum absolute atomic E-state index is 0.517. The Morgan fingerprint density at radius 1 is 0.224 bits per heavy atom. The molecule has 0 aromatic rings. The summed E-state index contributed by atoms with van der Waals surface area (Å²) < 4.78 is 72.0. The summed E-state index contributed by atoms with van der Waals surface area (Å²) in [5.41, 5.74) is 0. The molecule has 0 bridgehead atoms. The average Bonchev–Trinajstić information content (AvgIpc) is 3.24. The van der Waals surface area contributed by atoms with Gasteiger partial charge in [0, 0.05) is 13.2 Å². The fraction of sp³-hybridized carbons (Fsp3) is 1.00. The number of hydrogen-bond acceptors (Lipinski definition) is 13. The molecule has 0 aliphatic rings. The third-order valence-electron chi connectivity index (χ3n) is 9.21. The van der Waals surface area contributed by atoms with Crippen LogP contribution in [-0.2, 0) is 61.6 Å². The molecular weight excluding hydrogens is 748 g/mol. The van der Waals surface area contributed by atoms with E-state index >= 15 is 0 Å². The summed E-state index contributed by atoms with van der Waals surface area (Å²) in [5, 5.41) is 0. The summed E-state index contributed by atoms with van der Waals surface area (Å²) in [6, 6.07) is 0. The van der Waals surface area contributed by atoms with Crippen LogP contribution in [0.3, 0.4) is 0 Å². The summed E-state index contributed by atoms with van der Waals surface area (Å²) in [6.45, 7) is 21.4. The summed E-state index contributed by atoms with van der Waals surface area (Å²) in [6.07, 6.45) is 20.4. The van der Waals surface area contributed by atoms with Crippen molar-refractivity contribution in [1.29, 1.82) is 0 Å². The van der Waals surface area contributed by atoms with Crippen molar-refractivity contribution in [1.82, 2.24) is 0 Å². The zero-order valence-corrected chi connectivity index (χ0v) is 37.9. The van der Waals surface area contributed by atoms with Gasteiger partial charge >= 0.3 is 0 Å². The largest absolute Gasteiger partial charge is 0.379 e. The average molecular weight is 841 g/mol. The van der Waals surface area contributed by atoms with Gasteiger partial charge in [0.2, 0.25) is 0 Å². The zero-order valence-electron chi connectivity index (χ0n) is 37.9. The molecular formula is C45H92O13. The van der Waals surface area contributed by atoms with Crippen LogP contribution in [0.1, 0.15) is 117 Å². The molecule has 0 aliphatic heterocycles. The van der Waals surface area contributed by atoms with Crippen molar-refractivity contribution in [2.24, 2.45) is 5.92 Å². The lowest BCUT2D eigenvalue weighted by Gasteiger charge is -2.10. The third-order valence-corrected chi connectivity index (χ3v) is 9.21. The number of ether oxygens (including phenoxy) is 13. The maximum Gasteiger partial charge on any atom is 0.0701 e. The Bertz CT molecular complexity index is 709. The Balaban J connectivity index is 3.06. The predicted octanol–water partition coefficient (Wildman–Crippen LogP) is 7.73. The van der Waals surface area contributed by atoms with Crippen LogP contribution in [0, 0.1) is 5.92 Å². The summed E-state index contributed by atoms with van der Waals surface area (Å²) in [7, 11) is 0. The Morgan fingerprint density at radius 2 is 0.414 bits per heavy atom. The van der Waals surface area contributed by atoms with Gasteiger partial charge < -0.3 is 61.6 Å². The molecule has 0 radical (unpaired) electrons. The number of hydrogen-bond donors (Lipinski definition) is 0. The molecule has 58 heavy (non-hydrogen) atoms. The van der Waals surface area contributed by atoms with Crippen molar-refractivity contribution in [2.75, 3.05) is 172 Å². The van der Waals surface area contributed by atoms with E-state index in [4.69, 9.17) is 61.6 Å². The quantitative estimate of drug-likeness (QED) is 0.0557. The smallest absolute Gasteiger partial charge is 0.0701 e. The number of rotatable bonds is 54. The van der Waals surface area contributed by atoms with Gasteiger partial charge in [-0.2, -0.15) is 0 Å². The van der Waals surface area contributed by atoms with Gasteiger partial charge in [0.05, 0.1) is 159 Å². The van der Waals surface area contributed by atoms with E-state index in [1.807, 2.05) is 0 Å². The van der Waals surface area contributed by atoms with Crippen LogP contribution in [0.5, 0.6) is 0 Å². The second kappa shape index (κ2) is 54.5. The van der Waals surface area contributed by atoms with Crippen LogP contribution in [0.4, 0.5) is 0 Å². The molecule has 0 aliphatic carbocycles. The van der Waals surface area contributed by atoms with Gasteiger partial charge in [-0.1, -0.05) is 111 Å². The first kappa shape index (κ1) is 57.5. The minimum atomic E-state index is 0.517. The molecule has 0 spiro atoms. The molecule has 0 fully saturated rings. The van der Waals surface area contributed by atoms with E-state index in [0.29, 0.717) is 164 Å². The van der Waals surface area contributed by atoms with E-state index in [9.17, 15) is 0 Å². The van der Waals surface area contributed by atoms with Gasteiger partial charge in [0.25, 0.3) is 0 Å². The van der Waals surface area contributed by atoms with Gasteiger partial charge in [-0.15, -0.1) is 0 Å². The van der Waals surface area contributed by atoms with Crippen molar-refractivity contribution >= 4 is 0 Å². The SMILES string of the molecule is CCCCCCCCCCCCCCCCOCCOCCOCCOCCOCCOCCOCCOCCOCCOCCOCCOCCOCC(C)CC. The highest BCUT2D eigenvalue weighted by molar-refractivity contribution is 4.50. The maximum atomic E-state index is 5.69. The first-order valence-corrected chi connectivity index (χ1v) is 23.3. The molecule has 0 rings (SSSR count). The summed E-state index contributed by atoms with van der Waals surface area (Å²) in [5.74, 6) is 0.597. The van der Waals surface area contributed by atoms with Crippen molar-refractivity contribution in [3.05, 3.63) is 0 Å². The second-order valence-electron chi connectivity index (χ2n) is 14.5. The Kier molecular flexibility index (Phi) is 54.0. The minimum Gasteiger partial charge on any atom is -0.379 e. The normalized spacial score (nSPS) is 12.3. The molecule has 0 aromatic heterocycles. The topological polar surface area (TPSA) is 120 Å². The molecule has 0 saturated carbocycles. The lowest BCUT2D eigenvalue weighted by Crippen LogP contribution is -2.15. The van der Waals surface area contributed by atoms with Crippen molar-refractivity contribution in [3.8, 4) is 0 Å². The second-order valence-corrected chi connectivity index (χ2v) is 14.5. The lowest BCUT2D eigenvalue weighted by molar-refractivity contribution is -0.0292. The molecule has 350 valence electrons. The van der Waals surface area contributed by atoms with E-state index in [1.54, 1.807) is 0 Å². The van der Waals surface area contributed by atoms with Gasteiger partial charge in [0.1, 0.15) is 0 Å². The molecule has 0 aromatic carbocycles. The van der Waals surface area contributed by atoms with Crippen LogP contribution < -0.4 is 0 Å². The molecule has 0 saturated heterocycles. The Hall–Kier alpha value is -0.520. The highest BCUT2D eigenvalue weighted by atomic mass is 16.6.